The molecule has 0 unspecified atom stereocenters. The number of aliphatic hydroxyl groups excluding tert-OH is 1. The van der Waals surface area contributed by atoms with Crippen molar-refractivity contribution in [2.24, 2.45) is 7.05 Å². The van der Waals surface area contributed by atoms with E-state index in [0.29, 0.717) is 24.6 Å². The minimum atomic E-state index is -0.211. The molecular weight excluding hydrogens is 208 g/mol. The Bertz CT molecular complexity index is 498. The van der Waals surface area contributed by atoms with Gasteiger partial charge >= 0.3 is 0 Å². The van der Waals surface area contributed by atoms with E-state index >= 15 is 0 Å². The van der Waals surface area contributed by atoms with Gasteiger partial charge in [0.1, 0.15) is 5.69 Å². The van der Waals surface area contributed by atoms with Crippen molar-refractivity contribution >= 4 is 0 Å². The van der Waals surface area contributed by atoms with Crippen LogP contribution in [0.3, 0.4) is 0 Å². The number of aryl methyl sites for hydroxylation is 1. The molecule has 0 aliphatic heterocycles. The molecule has 6 nitrogen and oxygen atoms in total. The van der Waals surface area contributed by atoms with Crippen molar-refractivity contribution in [2.75, 3.05) is 0 Å². The first kappa shape index (κ1) is 9.53. The summed E-state index contributed by atoms with van der Waals surface area (Å²) in [5, 5.41) is 13.1. The lowest BCUT2D eigenvalue weighted by Gasteiger charge is -2.27. The molecule has 6 heteroatoms. The SMILES string of the molecule is Cn1cncc1-c1noc(C2CC(O)C2)n1. The van der Waals surface area contributed by atoms with Gasteiger partial charge in [0.15, 0.2) is 0 Å². The Morgan fingerprint density at radius 3 is 2.94 bits per heavy atom. The molecule has 0 radical (unpaired) electrons. The van der Waals surface area contributed by atoms with Crippen molar-refractivity contribution in [1.29, 1.82) is 0 Å². The average molecular weight is 220 g/mol. The lowest BCUT2D eigenvalue weighted by Crippen LogP contribution is -2.26. The highest BCUT2D eigenvalue weighted by Crippen LogP contribution is 2.36. The second-order valence-electron chi connectivity index (χ2n) is 4.17. The number of aromatic nitrogens is 4. The van der Waals surface area contributed by atoms with Crippen molar-refractivity contribution in [2.45, 2.75) is 24.9 Å². The summed E-state index contributed by atoms with van der Waals surface area (Å²) in [5.74, 6) is 1.38. The standard InChI is InChI=1S/C10H12N4O2/c1-14-5-11-4-8(14)9-12-10(16-13-9)6-2-7(15)3-6/h4-7,15H,2-3H2,1H3. The first-order valence-electron chi connectivity index (χ1n) is 5.22. The van der Waals surface area contributed by atoms with Crippen LogP contribution >= 0.6 is 0 Å². The zero-order chi connectivity index (χ0) is 11.1. The van der Waals surface area contributed by atoms with Gasteiger partial charge in [-0.2, -0.15) is 4.98 Å². The van der Waals surface area contributed by atoms with Crippen LogP contribution in [0.2, 0.25) is 0 Å². The van der Waals surface area contributed by atoms with Gasteiger partial charge in [-0.25, -0.2) is 4.98 Å². The monoisotopic (exact) mass is 220 g/mol. The number of hydrogen-bond acceptors (Lipinski definition) is 5. The summed E-state index contributed by atoms with van der Waals surface area (Å²) in [6.45, 7) is 0. The van der Waals surface area contributed by atoms with Crippen LogP contribution in [0.4, 0.5) is 0 Å². The Hall–Kier alpha value is -1.69. The van der Waals surface area contributed by atoms with E-state index in [1.165, 1.54) is 0 Å². The molecule has 2 aromatic rings. The summed E-state index contributed by atoms with van der Waals surface area (Å²) in [5.41, 5.74) is 0.829. The summed E-state index contributed by atoms with van der Waals surface area (Å²) < 4.78 is 7.02. The molecule has 0 amide bonds. The smallest absolute Gasteiger partial charge is 0.230 e. The predicted molar refractivity (Wildman–Crippen MR) is 54.5 cm³/mol. The summed E-state index contributed by atoms with van der Waals surface area (Å²) in [4.78, 5) is 8.32. The van der Waals surface area contributed by atoms with Crippen molar-refractivity contribution in [1.82, 2.24) is 19.7 Å². The topological polar surface area (TPSA) is 77.0 Å². The van der Waals surface area contributed by atoms with Gasteiger partial charge < -0.3 is 14.2 Å². The van der Waals surface area contributed by atoms with Gasteiger partial charge in [-0.1, -0.05) is 5.16 Å². The minimum absolute atomic E-state index is 0.211. The van der Waals surface area contributed by atoms with Crippen molar-refractivity contribution in [3.8, 4) is 11.5 Å². The molecule has 84 valence electrons. The van der Waals surface area contributed by atoms with Crippen molar-refractivity contribution in [3.05, 3.63) is 18.4 Å². The Morgan fingerprint density at radius 1 is 1.50 bits per heavy atom. The lowest BCUT2D eigenvalue weighted by atomic mass is 9.82. The van der Waals surface area contributed by atoms with E-state index < -0.39 is 0 Å². The highest BCUT2D eigenvalue weighted by molar-refractivity contribution is 5.47. The third kappa shape index (κ3) is 1.42. The van der Waals surface area contributed by atoms with Crippen molar-refractivity contribution in [3.63, 3.8) is 0 Å². The van der Waals surface area contributed by atoms with Gasteiger partial charge in [0, 0.05) is 13.0 Å². The first-order valence-corrected chi connectivity index (χ1v) is 5.22. The quantitative estimate of drug-likeness (QED) is 0.806. The first-order chi connectivity index (χ1) is 7.74. The summed E-state index contributed by atoms with van der Waals surface area (Å²) >= 11 is 0. The van der Waals surface area contributed by atoms with E-state index in [4.69, 9.17) is 4.52 Å². The average Bonchev–Trinajstić information content (AvgIpc) is 2.81. The van der Waals surface area contributed by atoms with Gasteiger partial charge in [-0.15, -0.1) is 0 Å². The molecular formula is C10H12N4O2. The van der Waals surface area contributed by atoms with Crippen LogP contribution in [-0.2, 0) is 7.05 Å². The van der Waals surface area contributed by atoms with Crippen molar-refractivity contribution < 1.29 is 9.63 Å². The number of rotatable bonds is 2. The van der Waals surface area contributed by atoms with Gasteiger partial charge in [0.05, 0.1) is 18.6 Å². The third-order valence-electron chi connectivity index (χ3n) is 2.95. The van der Waals surface area contributed by atoms with E-state index in [1.807, 2.05) is 11.6 Å². The third-order valence-corrected chi connectivity index (χ3v) is 2.95. The van der Waals surface area contributed by atoms with E-state index in [2.05, 4.69) is 15.1 Å². The second-order valence-corrected chi connectivity index (χ2v) is 4.17. The minimum Gasteiger partial charge on any atom is -0.393 e. The largest absolute Gasteiger partial charge is 0.393 e. The van der Waals surface area contributed by atoms with Crippen LogP contribution in [0.5, 0.6) is 0 Å². The molecule has 1 aliphatic rings. The molecule has 1 aliphatic carbocycles. The number of nitrogens with zero attached hydrogens (tertiary/aromatic N) is 4. The molecule has 1 saturated carbocycles. The maximum absolute atomic E-state index is 9.21. The lowest BCUT2D eigenvalue weighted by molar-refractivity contribution is 0.0625. The molecule has 1 N–H and O–H groups in total. The highest BCUT2D eigenvalue weighted by Gasteiger charge is 2.33. The number of aliphatic hydroxyl groups is 1. The molecule has 3 rings (SSSR count). The normalized spacial score (nSPS) is 24.4. The molecule has 0 atom stereocenters. The van der Waals surface area contributed by atoms with E-state index in [9.17, 15) is 5.11 Å². The van der Waals surface area contributed by atoms with E-state index in [0.717, 1.165) is 5.69 Å². The van der Waals surface area contributed by atoms with Gasteiger partial charge in [-0.3, -0.25) is 0 Å². The Morgan fingerprint density at radius 2 is 2.31 bits per heavy atom. The Balaban J connectivity index is 1.86. The fourth-order valence-electron chi connectivity index (χ4n) is 1.87. The zero-order valence-corrected chi connectivity index (χ0v) is 8.87. The molecule has 16 heavy (non-hydrogen) atoms. The molecule has 1 fully saturated rings. The molecule has 0 bridgehead atoms. The van der Waals surface area contributed by atoms with Gasteiger partial charge in [0.25, 0.3) is 0 Å². The maximum Gasteiger partial charge on any atom is 0.230 e. The number of imidazole rings is 1. The summed E-state index contributed by atoms with van der Waals surface area (Å²) in [6, 6.07) is 0. The summed E-state index contributed by atoms with van der Waals surface area (Å²) in [6.07, 6.45) is 4.61. The van der Waals surface area contributed by atoms with Gasteiger partial charge in [-0.05, 0) is 12.8 Å². The second kappa shape index (κ2) is 3.41. The van der Waals surface area contributed by atoms with Crippen LogP contribution in [0.15, 0.2) is 17.0 Å². The van der Waals surface area contributed by atoms with Crippen LogP contribution in [0.25, 0.3) is 11.5 Å². The van der Waals surface area contributed by atoms with Crippen LogP contribution in [-0.4, -0.2) is 30.9 Å². The number of hydrogen-bond donors (Lipinski definition) is 1. The van der Waals surface area contributed by atoms with Crippen LogP contribution < -0.4 is 0 Å². The van der Waals surface area contributed by atoms with Gasteiger partial charge in [0.2, 0.25) is 11.7 Å². The summed E-state index contributed by atoms with van der Waals surface area (Å²) in [7, 11) is 1.88. The highest BCUT2D eigenvalue weighted by atomic mass is 16.5. The fourth-order valence-corrected chi connectivity index (χ4v) is 1.87. The Kier molecular flexibility index (Phi) is 2.03. The molecule has 2 heterocycles. The van der Waals surface area contributed by atoms with E-state index in [-0.39, 0.29) is 12.0 Å². The van der Waals surface area contributed by atoms with Crippen LogP contribution in [0, 0.1) is 0 Å². The maximum atomic E-state index is 9.21. The molecule has 0 saturated heterocycles. The fraction of sp³-hybridized carbons (Fsp3) is 0.500. The molecule has 0 aromatic carbocycles. The molecule has 0 spiro atoms. The van der Waals surface area contributed by atoms with Crippen LogP contribution in [0.1, 0.15) is 24.7 Å². The predicted octanol–water partition coefficient (Wildman–Crippen LogP) is 0.708. The molecule has 2 aromatic heterocycles. The zero-order valence-electron chi connectivity index (χ0n) is 8.87. The Labute approximate surface area is 91.9 Å². The van der Waals surface area contributed by atoms with E-state index in [1.54, 1.807) is 12.5 Å².